The van der Waals surface area contributed by atoms with Crippen molar-refractivity contribution in [2.75, 3.05) is 61.0 Å². The van der Waals surface area contributed by atoms with Crippen LogP contribution in [0.2, 0.25) is 5.02 Å². The Morgan fingerprint density at radius 3 is 2.38 bits per heavy atom. The Morgan fingerprint density at radius 2 is 1.65 bits per heavy atom. The summed E-state index contributed by atoms with van der Waals surface area (Å²) in [5.41, 5.74) is 7.09. The van der Waals surface area contributed by atoms with Crippen molar-refractivity contribution in [1.82, 2.24) is 24.9 Å². The second-order valence-corrected chi connectivity index (χ2v) is 22.1. The summed E-state index contributed by atoms with van der Waals surface area (Å²) in [6.07, 6.45) is 11.7. The number of aromatic nitrogens is 2. The van der Waals surface area contributed by atoms with E-state index in [9.17, 15) is 23.3 Å². The maximum Gasteiger partial charge on any atom is 0.293 e. The molecule has 2 aliphatic heterocycles. The first-order valence-electron chi connectivity index (χ1n) is 24.1. The molecule has 2 aromatic heterocycles. The molecular formula is C51H60ClN9O6S. The van der Waals surface area contributed by atoms with E-state index in [0.29, 0.717) is 54.6 Å². The summed E-state index contributed by atoms with van der Waals surface area (Å²) >= 11 is 6.28. The molecule has 1 amide bonds. The number of pyridine rings is 1. The number of allylic oxidation sites excluding steroid dienone is 1. The second kappa shape index (κ2) is 19.0. The quantitative estimate of drug-likeness (QED) is 0.0650. The van der Waals surface area contributed by atoms with Crippen LogP contribution in [0.1, 0.15) is 94.0 Å². The monoisotopic (exact) mass is 961 g/mol. The highest BCUT2D eigenvalue weighted by Crippen LogP contribution is 2.44. The fourth-order valence-electron chi connectivity index (χ4n) is 10.4. The molecular weight excluding hydrogens is 902 g/mol. The summed E-state index contributed by atoms with van der Waals surface area (Å²) in [4.78, 5) is 40.6. The van der Waals surface area contributed by atoms with Gasteiger partial charge in [0.05, 0.1) is 27.7 Å². The van der Waals surface area contributed by atoms with Gasteiger partial charge in [-0.3, -0.25) is 19.8 Å². The van der Waals surface area contributed by atoms with Gasteiger partial charge in [0.15, 0.2) is 0 Å². The van der Waals surface area contributed by atoms with Gasteiger partial charge in [0, 0.05) is 85.8 Å². The number of halogens is 1. The zero-order chi connectivity index (χ0) is 47.2. The number of rotatable bonds is 13. The zero-order valence-electron chi connectivity index (χ0n) is 38.7. The number of carbonyl (C=O) groups excluding carboxylic acids is 1. The summed E-state index contributed by atoms with van der Waals surface area (Å²) in [6, 6.07) is 22.5. The lowest BCUT2D eigenvalue weighted by atomic mass is 9.72. The van der Waals surface area contributed by atoms with Crippen LogP contribution in [0, 0.1) is 15.5 Å². The van der Waals surface area contributed by atoms with Crippen LogP contribution in [0.15, 0.2) is 89.5 Å². The average Bonchev–Trinajstić information content (AvgIpc) is 4.07. The van der Waals surface area contributed by atoms with Crippen molar-refractivity contribution >= 4 is 72.6 Å². The van der Waals surface area contributed by atoms with Crippen LogP contribution in [0.3, 0.4) is 0 Å². The van der Waals surface area contributed by atoms with Gasteiger partial charge in [-0.15, -0.1) is 0 Å². The van der Waals surface area contributed by atoms with E-state index in [-0.39, 0.29) is 33.3 Å². The molecule has 1 saturated heterocycles. The minimum Gasteiger partial charge on any atom is -0.476 e. The number of sulfonamides is 1. The first-order valence-corrected chi connectivity index (χ1v) is 26.0. The number of fused-ring (bicyclic) bond motifs is 2. The second-order valence-electron chi connectivity index (χ2n) is 20.0. The number of nitro benzene ring substituents is 1. The van der Waals surface area contributed by atoms with Crippen molar-refractivity contribution in [3.63, 3.8) is 0 Å². The number of aromatic amines is 1. The smallest absolute Gasteiger partial charge is 0.293 e. The van der Waals surface area contributed by atoms with Crippen molar-refractivity contribution in [3.8, 4) is 5.88 Å². The van der Waals surface area contributed by atoms with E-state index < -0.39 is 20.9 Å². The molecule has 0 radical (unpaired) electrons. The number of ether oxygens (including phenoxy) is 1. The van der Waals surface area contributed by atoms with Gasteiger partial charge in [0.1, 0.15) is 17.0 Å². The predicted molar refractivity (Wildman–Crippen MR) is 268 cm³/mol. The molecule has 5 aliphatic rings. The number of nitrogens with one attached hydrogen (secondary N) is 4. The highest BCUT2D eigenvalue weighted by atomic mass is 35.5. The molecule has 3 fully saturated rings. The van der Waals surface area contributed by atoms with Gasteiger partial charge in [0.2, 0.25) is 5.88 Å². The lowest BCUT2D eigenvalue weighted by Crippen LogP contribution is -2.47. The molecule has 15 nitrogen and oxygen atoms in total. The first kappa shape index (κ1) is 46.1. The number of H-pyrrole nitrogens is 1. The molecule has 3 aliphatic carbocycles. The Hall–Kier alpha value is -5.68. The minimum absolute atomic E-state index is 0.0254. The van der Waals surface area contributed by atoms with E-state index in [1.54, 1.807) is 12.3 Å². The molecule has 68 heavy (non-hydrogen) atoms. The minimum atomic E-state index is -4.57. The van der Waals surface area contributed by atoms with Crippen LogP contribution in [-0.4, -0.2) is 98.1 Å². The Bertz CT molecular complexity index is 2850. The predicted octanol–water partition coefficient (Wildman–Crippen LogP) is 9.42. The SMILES string of the molecule is CC1(C)CCC(CN2CCN(c3ccc(C(=O)NS(=O)(=O)c4ccc(NC5CCC(NC6CC6)CC5)c([N+](=O)[O-])c4)c(N4CCCOc5nc6[nH]ccc6cc54)c3)CC2)=C(c2ccc(Cl)cc2)C1. The third-order valence-corrected chi connectivity index (χ3v) is 16.0. The molecule has 5 aromatic rings. The Labute approximate surface area is 402 Å². The Morgan fingerprint density at radius 1 is 0.912 bits per heavy atom. The Kier molecular flexibility index (Phi) is 12.9. The van der Waals surface area contributed by atoms with E-state index in [0.717, 1.165) is 99.8 Å². The Balaban J connectivity index is 0.902. The molecule has 358 valence electrons. The van der Waals surface area contributed by atoms with Crippen LogP contribution >= 0.6 is 11.6 Å². The largest absolute Gasteiger partial charge is 0.476 e. The normalized spacial score (nSPS) is 21.2. The standard InChI is InChI=1S/C51H60ClN9O6S/c1-51(2)20-18-35(43(31-51)33-4-6-36(52)7-5-33)32-58-23-25-59(26-24-58)40-14-16-42(45(29-40)60-22-3-27-67-50-47(60)28-34-19-21-53-48(34)56-50)49(62)57-68(65,66)41-15-17-44(46(30-41)61(63)64)55-39-12-10-38(11-13-39)54-37-8-9-37/h4-7,14-17,19,21,28-30,37-39,54-55H,3,8-13,18,20,22-27,31-32H2,1-2H3,(H,53,56)(H,57,62). The van der Waals surface area contributed by atoms with Gasteiger partial charge in [0.25, 0.3) is 21.6 Å². The van der Waals surface area contributed by atoms with Crippen molar-refractivity contribution < 1.29 is 22.9 Å². The van der Waals surface area contributed by atoms with Crippen LogP contribution in [0.5, 0.6) is 5.88 Å². The number of nitro groups is 1. The fourth-order valence-corrected chi connectivity index (χ4v) is 11.6. The highest BCUT2D eigenvalue weighted by Gasteiger charge is 2.33. The number of benzene rings is 3. The zero-order valence-corrected chi connectivity index (χ0v) is 40.3. The molecule has 2 saturated carbocycles. The third kappa shape index (κ3) is 10.2. The lowest BCUT2D eigenvalue weighted by Gasteiger charge is -2.39. The topological polar surface area (TPSA) is 178 Å². The maximum absolute atomic E-state index is 14.5. The number of amides is 1. The molecule has 0 spiro atoms. The van der Waals surface area contributed by atoms with Gasteiger partial charge in [-0.2, -0.15) is 4.98 Å². The van der Waals surface area contributed by atoms with E-state index in [1.807, 2.05) is 41.3 Å². The van der Waals surface area contributed by atoms with Crippen LogP contribution in [0.4, 0.5) is 28.4 Å². The molecule has 0 unspecified atom stereocenters. The van der Waals surface area contributed by atoms with Crippen molar-refractivity contribution in [1.29, 1.82) is 0 Å². The van der Waals surface area contributed by atoms with Crippen molar-refractivity contribution in [2.45, 2.75) is 101 Å². The van der Waals surface area contributed by atoms with Crippen LogP contribution in [-0.2, 0) is 10.0 Å². The van der Waals surface area contributed by atoms with E-state index in [1.165, 1.54) is 41.7 Å². The van der Waals surface area contributed by atoms with Gasteiger partial charge in [-0.25, -0.2) is 13.1 Å². The van der Waals surface area contributed by atoms with E-state index >= 15 is 0 Å². The molecule has 3 aromatic carbocycles. The van der Waals surface area contributed by atoms with E-state index in [4.69, 9.17) is 21.3 Å². The van der Waals surface area contributed by atoms with Gasteiger partial charge in [-0.1, -0.05) is 43.2 Å². The van der Waals surface area contributed by atoms with Gasteiger partial charge >= 0.3 is 0 Å². The summed E-state index contributed by atoms with van der Waals surface area (Å²) in [5.74, 6) is -0.460. The number of carbonyl (C=O) groups is 1. The number of anilines is 4. The molecule has 17 heteroatoms. The molecule has 0 bridgehead atoms. The molecule has 4 N–H and O–H groups in total. The fraction of sp³-hybridized carbons (Fsp3) is 0.451. The molecule has 0 atom stereocenters. The molecule has 10 rings (SSSR count). The number of piperazine rings is 1. The number of nitrogens with zero attached hydrogens (tertiary/aromatic N) is 5. The summed E-state index contributed by atoms with van der Waals surface area (Å²) in [6.45, 7) is 9.64. The first-order chi connectivity index (χ1) is 32.7. The summed E-state index contributed by atoms with van der Waals surface area (Å²) < 4.78 is 36.5. The summed E-state index contributed by atoms with van der Waals surface area (Å²) in [5, 5.41) is 21.0. The molecule has 4 heterocycles. The van der Waals surface area contributed by atoms with Gasteiger partial charge in [-0.05, 0) is 135 Å². The number of hydrogen-bond acceptors (Lipinski definition) is 12. The summed E-state index contributed by atoms with van der Waals surface area (Å²) in [7, 11) is -4.57. The lowest BCUT2D eigenvalue weighted by molar-refractivity contribution is -0.384. The maximum atomic E-state index is 14.5. The average molecular weight is 963 g/mol. The number of hydrogen-bond donors (Lipinski definition) is 4. The highest BCUT2D eigenvalue weighted by molar-refractivity contribution is 7.90. The van der Waals surface area contributed by atoms with E-state index in [2.05, 4.69) is 56.1 Å². The van der Waals surface area contributed by atoms with Gasteiger partial charge < -0.3 is 30.2 Å². The van der Waals surface area contributed by atoms with Crippen LogP contribution < -0.4 is 29.9 Å². The van der Waals surface area contributed by atoms with Crippen molar-refractivity contribution in [3.05, 3.63) is 111 Å². The van der Waals surface area contributed by atoms with Crippen molar-refractivity contribution in [2.24, 2.45) is 5.41 Å². The van der Waals surface area contributed by atoms with Crippen LogP contribution in [0.25, 0.3) is 16.6 Å². The third-order valence-electron chi connectivity index (χ3n) is 14.4.